The van der Waals surface area contributed by atoms with Crippen LogP contribution in [-0.4, -0.2) is 19.7 Å². The average molecular weight is 389 g/mol. The molecule has 0 saturated carbocycles. The first-order valence-corrected chi connectivity index (χ1v) is 9.96. The van der Waals surface area contributed by atoms with Crippen LogP contribution in [0.4, 0.5) is 0 Å². The molecule has 0 aromatic rings. The molecule has 0 saturated heterocycles. The fraction of sp³-hybridized carbons (Fsp3) is 0.478. The molecule has 156 valence electrons. The van der Waals surface area contributed by atoms with E-state index in [1.54, 1.807) is 0 Å². The topological polar surface area (TPSA) is 59.9 Å². The molecule has 0 aliphatic heterocycles. The largest absolute Gasteiger partial charge is 0.221 e. The van der Waals surface area contributed by atoms with E-state index < -0.39 is 0 Å². The number of hydroxylamine groups is 1. The molecule has 0 aliphatic rings. The molecule has 0 aromatic heterocycles. The van der Waals surface area contributed by atoms with E-state index in [9.17, 15) is 4.91 Å². The summed E-state index contributed by atoms with van der Waals surface area (Å²) < 4.78 is 0. The normalized spacial score (nSPS) is 15.2. The molecule has 0 fully saturated rings. The van der Waals surface area contributed by atoms with Crippen LogP contribution >= 0.6 is 0 Å². The van der Waals surface area contributed by atoms with Gasteiger partial charge in [0.1, 0.15) is 6.04 Å². The van der Waals surface area contributed by atoms with Crippen LogP contribution in [0.25, 0.3) is 0 Å². The van der Waals surface area contributed by atoms with E-state index in [4.69, 9.17) is 0 Å². The molecule has 1 N–H and O–H groups in total. The van der Waals surface area contributed by atoms with Crippen LogP contribution in [0.15, 0.2) is 78.1 Å². The Morgan fingerprint density at radius 1 is 0.929 bits per heavy atom. The molecule has 0 amide bonds. The quantitative estimate of drug-likeness (QED) is 0.0811. The van der Waals surface area contributed by atoms with Gasteiger partial charge in [0.05, 0.1) is 7.11 Å². The van der Waals surface area contributed by atoms with Crippen molar-refractivity contribution in [2.75, 3.05) is 13.7 Å². The van der Waals surface area contributed by atoms with Crippen LogP contribution in [0.5, 0.6) is 0 Å². The van der Waals surface area contributed by atoms with E-state index >= 15 is 0 Å². The van der Waals surface area contributed by atoms with Gasteiger partial charge in [-0.2, -0.15) is 10.4 Å². The molecule has 0 heterocycles. The highest BCUT2D eigenvalue weighted by atomic mass is 17.3. The Labute approximate surface area is 170 Å². The van der Waals surface area contributed by atoms with Crippen LogP contribution in [0, 0.1) is 10.8 Å². The van der Waals surface area contributed by atoms with Gasteiger partial charge >= 0.3 is 0 Å². The van der Waals surface area contributed by atoms with Crippen LogP contribution in [-0.2, 0) is 9.88 Å². The molecule has 0 aliphatic carbocycles. The summed E-state index contributed by atoms with van der Waals surface area (Å²) in [6, 6.07) is -0.281. The van der Waals surface area contributed by atoms with E-state index in [0.29, 0.717) is 12.3 Å². The smallest absolute Gasteiger partial charge is 0.114 e. The van der Waals surface area contributed by atoms with Crippen LogP contribution in [0.1, 0.15) is 46.0 Å². The summed E-state index contributed by atoms with van der Waals surface area (Å²) in [4.78, 5) is 19.7. The number of hydrogen-bond acceptors (Lipinski definition) is 5. The first-order valence-electron chi connectivity index (χ1n) is 9.96. The monoisotopic (exact) mass is 388 g/mol. The van der Waals surface area contributed by atoms with E-state index in [0.717, 1.165) is 32.2 Å². The molecule has 0 spiro atoms. The van der Waals surface area contributed by atoms with Crippen molar-refractivity contribution in [3.05, 3.63) is 77.8 Å². The van der Waals surface area contributed by atoms with Gasteiger partial charge in [0.2, 0.25) is 0 Å². The Balaban J connectivity index is 3.89. The number of nitrogens with zero attached hydrogens (tertiary/aromatic N) is 1. The van der Waals surface area contributed by atoms with E-state index in [-0.39, 0.29) is 6.04 Å². The van der Waals surface area contributed by atoms with Gasteiger partial charge in [-0.05, 0) is 38.0 Å². The summed E-state index contributed by atoms with van der Waals surface area (Å²) in [5, 5.41) is 3.11. The molecular formula is C23H36N2O3. The molecule has 0 aromatic carbocycles. The Morgan fingerprint density at radius 2 is 1.64 bits per heavy atom. The van der Waals surface area contributed by atoms with Crippen molar-refractivity contribution in [3.63, 3.8) is 0 Å². The zero-order valence-corrected chi connectivity index (χ0v) is 17.5. The van der Waals surface area contributed by atoms with Gasteiger partial charge in [-0.15, -0.1) is 4.99 Å². The predicted octanol–water partition coefficient (Wildman–Crippen LogP) is 6.15. The summed E-state index contributed by atoms with van der Waals surface area (Å²) in [7, 11) is 1.47. The minimum Gasteiger partial charge on any atom is -0.221 e. The molecule has 0 rings (SSSR count). The first kappa shape index (κ1) is 25.9. The highest BCUT2D eigenvalue weighted by molar-refractivity contribution is 5.11. The fourth-order valence-corrected chi connectivity index (χ4v) is 2.15. The van der Waals surface area contributed by atoms with E-state index in [2.05, 4.69) is 83.0 Å². The summed E-state index contributed by atoms with van der Waals surface area (Å²) in [5.41, 5.74) is 2.68. The molecule has 5 nitrogen and oxygen atoms in total. The maximum absolute atomic E-state index is 10.7. The molecule has 0 radical (unpaired) electrons. The second-order valence-electron chi connectivity index (χ2n) is 6.27. The molecule has 0 unspecified atom stereocenters. The van der Waals surface area contributed by atoms with Crippen molar-refractivity contribution in [2.24, 2.45) is 11.1 Å². The Hall–Kier alpha value is -2.08. The van der Waals surface area contributed by atoms with Crippen molar-refractivity contribution in [1.82, 2.24) is 5.48 Å². The summed E-state index contributed by atoms with van der Waals surface area (Å²) >= 11 is 0. The van der Waals surface area contributed by atoms with Gasteiger partial charge in [-0.25, -0.2) is 4.89 Å². The van der Waals surface area contributed by atoms with Crippen LogP contribution in [0.3, 0.4) is 0 Å². The van der Waals surface area contributed by atoms with Crippen molar-refractivity contribution < 1.29 is 9.88 Å². The third kappa shape index (κ3) is 18.7. The van der Waals surface area contributed by atoms with Gasteiger partial charge in [0.15, 0.2) is 0 Å². The number of hydrogen-bond donors (Lipinski definition) is 1. The molecule has 5 heteroatoms. The van der Waals surface area contributed by atoms with Crippen molar-refractivity contribution >= 4 is 0 Å². The minimum absolute atomic E-state index is 0.281. The third-order valence-corrected chi connectivity index (χ3v) is 3.68. The van der Waals surface area contributed by atoms with Crippen molar-refractivity contribution in [3.8, 4) is 0 Å². The lowest BCUT2D eigenvalue weighted by Gasteiger charge is -2.00. The van der Waals surface area contributed by atoms with Gasteiger partial charge < -0.3 is 0 Å². The Bertz CT molecular complexity index is 534. The Kier molecular flexibility index (Phi) is 19.6. The maximum atomic E-state index is 10.7. The minimum atomic E-state index is -0.281. The fourth-order valence-electron chi connectivity index (χ4n) is 2.15. The SMILES string of the molecule is CC/C=C\C[C@H](/C=C/C=C\C/C=C\C=C\[C@H](C)C/C=C\CCNOOC)N=O. The summed E-state index contributed by atoms with van der Waals surface area (Å²) in [5.74, 6) is 0.497. The molecule has 0 bridgehead atoms. The second kappa shape index (κ2) is 21.2. The molecular weight excluding hydrogens is 352 g/mol. The van der Waals surface area contributed by atoms with Gasteiger partial charge in [-0.3, -0.25) is 0 Å². The number of allylic oxidation sites excluding steroid dienone is 9. The lowest BCUT2D eigenvalue weighted by Crippen LogP contribution is -2.14. The first-order chi connectivity index (χ1) is 13.7. The maximum Gasteiger partial charge on any atom is 0.114 e. The number of nitrogens with one attached hydrogen (secondary N) is 1. The average Bonchev–Trinajstić information content (AvgIpc) is 2.70. The highest BCUT2D eigenvalue weighted by Gasteiger charge is 1.98. The lowest BCUT2D eigenvalue weighted by atomic mass is 10.1. The number of nitroso groups, excluding NO2 is 1. The van der Waals surface area contributed by atoms with Gasteiger partial charge in [0, 0.05) is 6.54 Å². The predicted molar refractivity (Wildman–Crippen MR) is 118 cm³/mol. The lowest BCUT2D eigenvalue weighted by molar-refractivity contribution is -0.316. The zero-order valence-electron chi connectivity index (χ0n) is 17.5. The summed E-state index contributed by atoms with van der Waals surface area (Å²) in [6.07, 6.45) is 29.0. The van der Waals surface area contributed by atoms with Gasteiger partial charge in [-0.1, -0.05) is 91.9 Å². The van der Waals surface area contributed by atoms with E-state index in [1.165, 1.54) is 7.11 Å². The Morgan fingerprint density at radius 3 is 2.32 bits per heavy atom. The van der Waals surface area contributed by atoms with Crippen molar-refractivity contribution in [1.29, 1.82) is 0 Å². The zero-order chi connectivity index (χ0) is 20.7. The van der Waals surface area contributed by atoms with Crippen molar-refractivity contribution in [2.45, 2.75) is 52.0 Å². The highest BCUT2D eigenvalue weighted by Crippen LogP contribution is 2.05. The second-order valence-corrected chi connectivity index (χ2v) is 6.27. The van der Waals surface area contributed by atoms with Crippen LogP contribution in [0.2, 0.25) is 0 Å². The van der Waals surface area contributed by atoms with E-state index in [1.807, 2.05) is 24.3 Å². The molecule has 2 atom stereocenters. The third-order valence-electron chi connectivity index (χ3n) is 3.68. The number of rotatable bonds is 17. The van der Waals surface area contributed by atoms with Crippen LogP contribution < -0.4 is 5.48 Å². The summed E-state index contributed by atoms with van der Waals surface area (Å²) in [6.45, 7) is 4.99. The standard InChI is InChI=1S/C23H36N2O3/c1-4-5-12-19-23(25-26)20-15-10-8-6-7-9-13-17-22(2)18-14-11-16-21-24-28-27-3/h5,7-15,17,20,22-24H,4,6,16,18-19,21H2,1-3H3/b9-7-,10-8-,12-5-,14-11-,17-13+,20-15+/t22-,23+/m0/s1. The van der Waals surface area contributed by atoms with Gasteiger partial charge in [0.25, 0.3) is 0 Å². The molecule has 28 heavy (non-hydrogen) atoms.